The van der Waals surface area contributed by atoms with Gasteiger partial charge in [-0.1, -0.05) is 6.07 Å². The van der Waals surface area contributed by atoms with E-state index in [1.54, 1.807) is 0 Å². The van der Waals surface area contributed by atoms with Crippen molar-refractivity contribution in [1.82, 2.24) is 9.38 Å². The van der Waals surface area contributed by atoms with Gasteiger partial charge in [0.2, 0.25) is 0 Å². The fourth-order valence-electron chi connectivity index (χ4n) is 2.81. The Morgan fingerprint density at radius 1 is 1.45 bits per heavy atom. The Kier molecular flexibility index (Phi) is 4.13. The molecule has 0 bridgehead atoms. The van der Waals surface area contributed by atoms with E-state index in [9.17, 15) is 0 Å². The second-order valence-corrected chi connectivity index (χ2v) is 5.58. The van der Waals surface area contributed by atoms with E-state index in [1.165, 1.54) is 12.8 Å². The molecule has 3 rings (SSSR count). The van der Waals surface area contributed by atoms with Crippen molar-refractivity contribution in [3.63, 3.8) is 0 Å². The normalized spacial score (nSPS) is 19.4. The van der Waals surface area contributed by atoms with Crippen molar-refractivity contribution >= 4 is 23.1 Å². The zero-order valence-electron chi connectivity index (χ0n) is 11.8. The maximum absolute atomic E-state index is 6.12. The van der Waals surface area contributed by atoms with Gasteiger partial charge in [-0.05, 0) is 31.4 Å². The Morgan fingerprint density at radius 3 is 3.10 bits per heavy atom. The molecular weight excluding hydrogens is 274 g/mol. The van der Waals surface area contributed by atoms with Crippen LogP contribution in [0.4, 0.5) is 5.82 Å². The van der Waals surface area contributed by atoms with Crippen molar-refractivity contribution in [3.8, 4) is 0 Å². The van der Waals surface area contributed by atoms with Crippen LogP contribution in [0.25, 0.3) is 5.65 Å². The molecule has 0 saturated carbocycles. The van der Waals surface area contributed by atoms with Gasteiger partial charge in [-0.3, -0.25) is 0 Å². The predicted molar refractivity (Wildman–Crippen MR) is 81.6 cm³/mol. The van der Waals surface area contributed by atoms with Crippen LogP contribution in [-0.4, -0.2) is 35.7 Å². The fourth-order valence-corrected chi connectivity index (χ4v) is 3.06. The molecule has 1 unspecified atom stereocenters. The molecule has 108 valence electrons. The maximum atomic E-state index is 6.12. The standard InChI is InChI=1S/C15H20ClN3O/c1-18(11-12-6-3-5-9-20-12)15-13(10-16)19-8-4-2-7-14(19)17-15/h2,4,7-8,12H,3,5-6,9-11H2,1H3. The summed E-state index contributed by atoms with van der Waals surface area (Å²) in [6.45, 7) is 1.75. The molecular formula is C15H20ClN3O. The van der Waals surface area contributed by atoms with Gasteiger partial charge >= 0.3 is 0 Å². The molecule has 0 amide bonds. The summed E-state index contributed by atoms with van der Waals surface area (Å²) in [5.41, 5.74) is 1.98. The van der Waals surface area contributed by atoms with E-state index in [2.05, 4.69) is 16.3 Å². The number of anilines is 1. The van der Waals surface area contributed by atoms with Crippen LogP contribution in [0, 0.1) is 0 Å². The summed E-state index contributed by atoms with van der Waals surface area (Å²) in [6.07, 6.45) is 5.89. The number of ether oxygens (including phenoxy) is 1. The highest BCUT2D eigenvalue weighted by Crippen LogP contribution is 2.24. The number of likely N-dealkylation sites (N-methyl/N-ethyl adjacent to an activating group) is 1. The lowest BCUT2D eigenvalue weighted by Gasteiger charge is -2.27. The Morgan fingerprint density at radius 2 is 2.35 bits per heavy atom. The van der Waals surface area contributed by atoms with Crippen LogP contribution in [0.2, 0.25) is 0 Å². The van der Waals surface area contributed by atoms with E-state index in [4.69, 9.17) is 21.3 Å². The van der Waals surface area contributed by atoms with Crippen molar-refractivity contribution in [2.24, 2.45) is 0 Å². The first-order valence-corrected chi connectivity index (χ1v) is 7.67. The Balaban J connectivity index is 1.84. The summed E-state index contributed by atoms with van der Waals surface area (Å²) < 4.78 is 7.86. The minimum atomic E-state index is 0.307. The minimum Gasteiger partial charge on any atom is -0.376 e. The number of nitrogens with zero attached hydrogens (tertiary/aromatic N) is 3. The fraction of sp³-hybridized carbons (Fsp3) is 0.533. The van der Waals surface area contributed by atoms with Crippen molar-refractivity contribution in [2.45, 2.75) is 31.2 Å². The summed E-state index contributed by atoms with van der Waals surface area (Å²) in [6, 6.07) is 6.00. The van der Waals surface area contributed by atoms with E-state index >= 15 is 0 Å². The van der Waals surface area contributed by atoms with E-state index in [0.29, 0.717) is 12.0 Å². The Labute approximate surface area is 124 Å². The highest BCUT2D eigenvalue weighted by Gasteiger charge is 2.20. The van der Waals surface area contributed by atoms with Crippen molar-refractivity contribution < 1.29 is 4.74 Å². The van der Waals surface area contributed by atoms with Crippen LogP contribution in [0.5, 0.6) is 0 Å². The van der Waals surface area contributed by atoms with Gasteiger partial charge in [0.15, 0.2) is 5.82 Å². The molecule has 2 aromatic rings. The van der Waals surface area contributed by atoms with Crippen molar-refractivity contribution in [1.29, 1.82) is 0 Å². The van der Waals surface area contributed by atoms with Crippen LogP contribution in [0.1, 0.15) is 25.0 Å². The van der Waals surface area contributed by atoms with Gasteiger partial charge in [0.1, 0.15) is 5.65 Å². The predicted octanol–water partition coefficient (Wildman–Crippen LogP) is 3.08. The second kappa shape index (κ2) is 6.02. The molecule has 2 aromatic heterocycles. The van der Waals surface area contributed by atoms with Gasteiger partial charge in [-0.25, -0.2) is 4.98 Å². The zero-order valence-corrected chi connectivity index (χ0v) is 12.5. The molecule has 1 fully saturated rings. The lowest BCUT2D eigenvalue weighted by molar-refractivity contribution is 0.0215. The van der Waals surface area contributed by atoms with Gasteiger partial charge in [0, 0.05) is 26.4 Å². The molecule has 20 heavy (non-hydrogen) atoms. The quantitative estimate of drug-likeness (QED) is 0.812. The molecule has 5 heteroatoms. The SMILES string of the molecule is CN(CC1CCCCO1)c1nc2ccccn2c1CCl. The number of rotatable bonds is 4. The van der Waals surface area contributed by atoms with Crippen LogP contribution in [-0.2, 0) is 10.6 Å². The minimum absolute atomic E-state index is 0.307. The van der Waals surface area contributed by atoms with E-state index in [-0.39, 0.29) is 0 Å². The third-order valence-electron chi connectivity index (χ3n) is 3.85. The number of hydrogen-bond donors (Lipinski definition) is 0. The number of aromatic nitrogens is 2. The van der Waals surface area contributed by atoms with Gasteiger partial charge in [0.05, 0.1) is 17.7 Å². The Bertz CT molecular complexity index is 578. The summed E-state index contributed by atoms with van der Waals surface area (Å²) in [4.78, 5) is 6.87. The lowest BCUT2D eigenvalue weighted by atomic mass is 10.1. The number of halogens is 1. The molecule has 1 aliphatic rings. The summed E-state index contributed by atoms with van der Waals surface area (Å²) in [7, 11) is 2.07. The number of fused-ring (bicyclic) bond motifs is 1. The number of alkyl halides is 1. The lowest BCUT2D eigenvalue weighted by Crippen LogP contribution is -2.33. The molecule has 0 aliphatic carbocycles. The molecule has 0 N–H and O–H groups in total. The molecule has 0 aromatic carbocycles. The largest absolute Gasteiger partial charge is 0.376 e. The molecule has 4 nitrogen and oxygen atoms in total. The maximum Gasteiger partial charge on any atom is 0.152 e. The third-order valence-corrected chi connectivity index (χ3v) is 4.10. The first kappa shape index (κ1) is 13.7. The van der Waals surface area contributed by atoms with Gasteiger partial charge in [-0.2, -0.15) is 0 Å². The van der Waals surface area contributed by atoms with Gasteiger partial charge < -0.3 is 14.0 Å². The molecule has 1 saturated heterocycles. The molecule has 0 radical (unpaired) electrons. The van der Waals surface area contributed by atoms with Crippen LogP contribution in [0.15, 0.2) is 24.4 Å². The summed E-state index contributed by atoms with van der Waals surface area (Å²) >= 11 is 6.12. The summed E-state index contributed by atoms with van der Waals surface area (Å²) in [5, 5.41) is 0. The van der Waals surface area contributed by atoms with E-state index in [1.807, 2.05) is 24.4 Å². The number of imidazole rings is 1. The molecule has 1 atom stereocenters. The monoisotopic (exact) mass is 293 g/mol. The van der Waals surface area contributed by atoms with Crippen LogP contribution in [0.3, 0.4) is 0 Å². The Hall–Kier alpha value is -1.26. The molecule has 0 spiro atoms. The average molecular weight is 294 g/mol. The molecule has 1 aliphatic heterocycles. The smallest absolute Gasteiger partial charge is 0.152 e. The zero-order chi connectivity index (χ0) is 13.9. The van der Waals surface area contributed by atoms with E-state index < -0.39 is 0 Å². The first-order chi connectivity index (χ1) is 9.79. The average Bonchev–Trinajstić information content (AvgIpc) is 2.87. The third kappa shape index (κ3) is 2.63. The van der Waals surface area contributed by atoms with Crippen molar-refractivity contribution in [3.05, 3.63) is 30.1 Å². The van der Waals surface area contributed by atoms with Gasteiger partial charge in [-0.15, -0.1) is 11.6 Å². The first-order valence-electron chi connectivity index (χ1n) is 7.14. The topological polar surface area (TPSA) is 29.8 Å². The van der Waals surface area contributed by atoms with E-state index in [0.717, 1.165) is 36.7 Å². The number of hydrogen-bond acceptors (Lipinski definition) is 3. The summed E-state index contributed by atoms with van der Waals surface area (Å²) in [5.74, 6) is 1.41. The highest BCUT2D eigenvalue weighted by molar-refractivity contribution is 6.17. The van der Waals surface area contributed by atoms with Crippen LogP contribution >= 0.6 is 11.6 Å². The number of pyridine rings is 1. The van der Waals surface area contributed by atoms with Crippen molar-refractivity contribution in [2.75, 3.05) is 25.1 Å². The van der Waals surface area contributed by atoms with Gasteiger partial charge in [0.25, 0.3) is 0 Å². The molecule has 3 heterocycles. The highest BCUT2D eigenvalue weighted by atomic mass is 35.5. The second-order valence-electron chi connectivity index (χ2n) is 5.31. The van der Waals surface area contributed by atoms with Crippen LogP contribution < -0.4 is 4.90 Å².